The number of piperidine rings is 1. The maximum Gasteiger partial charge on any atom is 0.159 e. The number of aromatic nitrogens is 4. The summed E-state index contributed by atoms with van der Waals surface area (Å²) < 4.78 is 2.40. The van der Waals surface area contributed by atoms with Gasteiger partial charge in [0.05, 0.1) is 12.2 Å². The molecule has 1 aromatic carbocycles. The number of hydrogen-bond donors (Lipinski definition) is 0. The molecule has 3 aliphatic rings. The molecule has 2 aliphatic carbocycles. The monoisotopic (exact) mass is 385 g/mol. The van der Waals surface area contributed by atoms with Crippen LogP contribution in [0.1, 0.15) is 55.2 Å². The first-order chi connectivity index (χ1) is 14.3. The van der Waals surface area contributed by atoms with E-state index in [1.165, 1.54) is 49.2 Å². The summed E-state index contributed by atoms with van der Waals surface area (Å²) in [6.07, 6.45) is 13.6. The van der Waals surface area contributed by atoms with Gasteiger partial charge in [0.1, 0.15) is 5.82 Å². The smallest absolute Gasteiger partial charge is 0.159 e. The van der Waals surface area contributed by atoms with Crippen molar-refractivity contribution in [2.75, 3.05) is 13.1 Å². The predicted molar refractivity (Wildman–Crippen MR) is 112 cm³/mol. The summed E-state index contributed by atoms with van der Waals surface area (Å²) in [4.78, 5) is 17.1. The van der Waals surface area contributed by atoms with Crippen LogP contribution >= 0.6 is 0 Å². The van der Waals surface area contributed by atoms with Crippen LogP contribution in [-0.4, -0.2) is 37.5 Å². The van der Waals surface area contributed by atoms with Gasteiger partial charge in [0.25, 0.3) is 0 Å². The highest BCUT2D eigenvalue weighted by molar-refractivity contribution is 5.55. The molecule has 3 heterocycles. The minimum Gasteiger partial charge on any atom is -0.331 e. The molecule has 148 valence electrons. The van der Waals surface area contributed by atoms with Crippen LogP contribution in [0.4, 0.5) is 0 Å². The summed E-state index contributed by atoms with van der Waals surface area (Å²) in [5.74, 6) is 2.10. The summed E-state index contributed by atoms with van der Waals surface area (Å²) in [7, 11) is 0. The Hall–Kier alpha value is -2.53. The van der Waals surface area contributed by atoms with Crippen LogP contribution in [0, 0.1) is 0 Å². The van der Waals surface area contributed by atoms with Crippen LogP contribution in [0.15, 0.2) is 48.9 Å². The molecule has 0 amide bonds. The zero-order valence-corrected chi connectivity index (χ0v) is 16.8. The van der Waals surface area contributed by atoms with Gasteiger partial charge in [-0.25, -0.2) is 15.0 Å². The second-order valence-electron chi connectivity index (χ2n) is 9.01. The van der Waals surface area contributed by atoms with Crippen LogP contribution in [0.3, 0.4) is 0 Å². The van der Waals surface area contributed by atoms with Gasteiger partial charge in [-0.15, -0.1) is 0 Å². The quantitative estimate of drug-likeness (QED) is 0.677. The molecule has 3 aromatic rings. The van der Waals surface area contributed by atoms with Gasteiger partial charge in [0.15, 0.2) is 5.82 Å². The van der Waals surface area contributed by atoms with Crippen LogP contribution in [0.2, 0.25) is 0 Å². The molecule has 2 aromatic heterocycles. The number of aryl methyl sites for hydroxylation is 1. The number of hydrogen-bond acceptors (Lipinski definition) is 4. The average Bonchev–Trinajstić information content (AvgIpc) is 3.42. The van der Waals surface area contributed by atoms with E-state index in [1.54, 1.807) is 0 Å². The highest BCUT2D eigenvalue weighted by Crippen LogP contribution is 2.44. The third-order valence-corrected chi connectivity index (χ3v) is 6.98. The number of nitrogens with zero attached hydrogens (tertiary/aromatic N) is 5. The average molecular weight is 386 g/mol. The molecule has 5 heteroatoms. The first-order valence-corrected chi connectivity index (χ1v) is 11.0. The predicted octanol–water partition coefficient (Wildman–Crippen LogP) is 4.16. The summed E-state index contributed by atoms with van der Waals surface area (Å²) in [5, 5.41) is 0. The number of likely N-dealkylation sites (tertiary alicyclic amines) is 1. The molecular formula is C24H27N5. The second kappa shape index (κ2) is 6.77. The fourth-order valence-electron chi connectivity index (χ4n) is 5.38. The number of imidazole rings is 1. The molecule has 1 saturated heterocycles. The maximum atomic E-state index is 5.13. The minimum absolute atomic E-state index is 0.178. The summed E-state index contributed by atoms with van der Waals surface area (Å²) in [6, 6.07) is 11.1. The molecule has 29 heavy (non-hydrogen) atoms. The normalized spacial score (nSPS) is 24.1. The van der Waals surface area contributed by atoms with Crippen molar-refractivity contribution in [2.24, 2.45) is 0 Å². The summed E-state index contributed by atoms with van der Waals surface area (Å²) in [5.41, 5.74) is 3.95. The zero-order valence-electron chi connectivity index (χ0n) is 16.8. The highest BCUT2D eigenvalue weighted by Gasteiger charge is 2.44. The van der Waals surface area contributed by atoms with Crippen molar-refractivity contribution in [3.05, 3.63) is 66.0 Å². The van der Waals surface area contributed by atoms with Crippen LogP contribution in [-0.2, 0) is 18.4 Å². The second-order valence-corrected chi connectivity index (χ2v) is 9.01. The molecule has 2 fully saturated rings. The third kappa shape index (κ3) is 3.08. The van der Waals surface area contributed by atoms with E-state index in [1.807, 2.05) is 12.3 Å². The summed E-state index contributed by atoms with van der Waals surface area (Å²) >= 11 is 0. The Morgan fingerprint density at radius 2 is 1.97 bits per heavy atom. The van der Waals surface area contributed by atoms with Gasteiger partial charge in [-0.2, -0.15) is 0 Å². The Balaban J connectivity index is 1.28. The first-order valence-electron chi connectivity index (χ1n) is 11.0. The lowest BCUT2D eigenvalue weighted by Crippen LogP contribution is -2.45. The van der Waals surface area contributed by atoms with Gasteiger partial charge in [-0.05, 0) is 50.6 Å². The number of fused-ring (bicyclic) bond motifs is 2. The van der Waals surface area contributed by atoms with Gasteiger partial charge in [-0.3, -0.25) is 4.90 Å². The maximum absolute atomic E-state index is 5.13. The van der Waals surface area contributed by atoms with Gasteiger partial charge in [0.2, 0.25) is 0 Å². The Labute approximate surface area is 171 Å². The Bertz CT molecular complexity index is 1020. The van der Waals surface area contributed by atoms with Crippen LogP contribution in [0.5, 0.6) is 0 Å². The van der Waals surface area contributed by atoms with Gasteiger partial charge >= 0.3 is 0 Å². The Morgan fingerprint density at radius 3 is 2.83 bits per heavy atom. The SMILES string of the molecule is c1ccc(-c2ncc3c(n2)C2(CCCN(Cc4nccn4C4CC4)C2)CC3)cc1. The molecule has 0 bridgehead atoms. The third-order valence-electron chi connectivity index (χ3n) is 6.98. The van der Waals surface area contributed by atoms with Crippen molar-refractivity contribution in [1.29, 1.82) is 0 Å². The van der Waals surface area contributed by atoms with Gasteiger partial charge < -0.3 is 4.57 Å². The summed E-state index contributed by atoms with van der Waals surface area (Å²) in [6.45, 7) is 3.20. The lowest BCUT2D eigenvalue weighted by atomic mass is 9.77. The molecule has 0 radical (unpaired) electrons. The minimum atomic E-state index is 0.178. The van der Waals surface area contributed by atoms with Crippen molar-refractivity contribution < 1.29 is 0 Å². The van der Waals surface area contributed by atoms with E-state index in [0.717, 1.165) is 37.4 Å². The van der Waals surface area contributed by atoms with Crippen molar-refractivity contribution in [1.82, 2.24) is 24.4 Å². The molecule has 1 unspecified atom stereocenters. The Morgan fingerprint density at radius 1 is 1.07 bits per heavy atom. The fourth-order valence-corrected chi connectivity index (χ4v) is 5.38. The Kier molecular flexibility index (Phi) is 4.05. The molecular weight excluding hydrogens is 358 g/mol. The van der Waals surface area contributed by atoms with E-state index >= 15 is 0 Å². The molecule has 1 spiro atoms. The van der Waals surface area contributed by atoms with Gasteiger partial charge in [0, 0.05) is 42.2 Å². The molecule has 0 N–H and O–H groups in total. The fraction of sp³-hybridized carbons (Fsp3) is 0.458. The van der Waals surface area contributed by atoms with E-state index in [-0.39, 0.29) is 5.41 Å². The van der Waals surface area contributed by atoms with Crippen LogP contribution in [0.25, 0.3) is 11.4 Å². The lowest BCUT2D eigenvalue weighted by molar-refractivity contribution is 0.132. The van der Waals surface area contributed by atoms with E-state index in [4.69, 9.17) is 4.98 Å². The van der Waals surface area contributed by atoms with E-state index in [0.29, 0.717) is 6.04 Å². The van der Waals surface area contributed by atoms with Crippen molar-refractivity contribution in [2.45, 2.75) is 56.5 Å². The van der Waals surface area contributed by atoms with Crippen molar-refractivity contribution in [3.8, 4) is 11.4 Å². The van der Waals surface area contributed by atoms with Crippen molar-refractivity contribution in [3.63, 3.8) is 0 Å². The topological polar surface area (TPSA) is 46.8 Å². The molecule has 6 rings (SSSR count). The largest absolute Gasteiger partial charge is 0.331 e. The molecule has 1 aliphatic heterocycles. The van der Waals surface area contributed by atoms with E-state index in [9.17, 15) is 0 Å². The lowest BCUT2D eigenvalue weighted by Gasteiger charge is -2.40. The van der Waals surface area contributed by atoms with Gasteiger partial charge in [-0.1, -0.05) is 30.3 Å². The van der Waals surface area contributed by atoms with E-state index in [2.05, 4.69) is 56.1 Å². The standard InChI is InChI=1S/C24H27N5/c1-2-5-18(6-3-1)23-26-15-19-9-11-24(22(19)27-23)10-4-13-28(17-24)16-21-25-12-14-29(21)20-7-8-20/h1-3,5-6,12,14-15,20H,4,7-11,13,16-17H2. The molecule has 1 atom stereocenters. The van der Waals surface area contributed by atoms with Crippen molar-refractivity contribution >= 4 is 0 Å². The number of rotatable bonds is 4. The number of benzene rings is 1. The molecule has 5 nitrogen and oxygen atoms in total. The molecule has 1 saturated carbocycles. The zero-order chi connectivity index (χ0) is 19.3. The van der Waals surface area contributed by atoms with E-state index < -0.39 is 0 Å². The highest BCUT2D eigenvalue weighted by atomic mass is 15.2. The van der Waals surface area contributed by atoms with Crippen LogP contribution < -0.4 is 0 Å². The first kappa shape index (κ1) is 17.3.